The molecule has 2 rings (SSSR count). The average Bonchev–Trinajstić information content (AvgIpc) is 2.20. The quantitative estimate of drug-likeness (QED) is 0.698. The fourth-order valence-corrected chi connectivity index (χ4v) is 1.48. The Morgan fingerprint density at radius 3 is 2.67 bits per heavy atom. The van der Waals surface area contributed by atoms with Crippen molar-refractivity contribution in [2.24, 2.45) is 0 Å². The highest BCUT2D eigenvalue weighted by Gasteiger charge is 2.15. The number of aryl methyl sites for hydroxylation is 1. The van der Waals surface area contributed by atoms with Gasteiger partial charge < -0.3 is 10.1 Å². The lowest BCUT2D eigenvalue weighted by Gasteiger charge is -2.05. The number of nitrogens with one attached hydrogen (secondary N) is 1. The number of pyridine rings is 1. The van der Waals surface area contributed by atoms with E-state index in [0.717, 1.165) is 6.07 Å². The number of benzene rings is 1. The van der Waals surface area contributed by atoms with Crippen LogP contribution in [0.5, 0.6) is 5.75 Å². The number of hydrogen-bond donors (Lipinski definition) is 2. The molecule has 0 aliphatic heterocycles. The van der Waals surface area contributed by atoms with Gasteiger partial charge in [-0.3, -0.25) is 4.79 Å². The van der Waals surface area contributed by atoms with E-state index in [2.05, 4.69) is 4.98 Å². The highest BCUT2D eigenvalue weighted by Crippen LogP contribution is 2.25. The topological polar surface area (TPSA) is 53.1 Å². The van der Waals surface area contributed by atoms with Gasteiger partial charge in [-0.25, -0.2) is 8.78 Å². The van der Waals surface area contributed by atoms with Crippen molar-refractivity contribution in [2.75, 3.05) is 0 Å². The van der Waals surface area contributed by atoms with Crippen LogP contribution in [0.15, 0.2) is 16.9 Å². The molecule has 5 heteroatoms. The molecule has 0 fully saturated rings. The zero-order valence-electron chi connectivity index (χ0n) is 7.77. The molecule has 0 aliphatic rings. The minimum atomic E-state index is -1.09. The number of aromatic amines is 1. The fourth-order valence-electron chi connectivity index (χ4n) is 1.48. The van der Waals surface area contributed by atoms with Crippen LogP contribution in [-0.4, -0.2) is 10.1 Å². The summed E-state index contributed by atoms with van der Waals surface area (Å²) in [5.74, 6) is -2.84. The lowest BCUT2D eigenvalue weighted by molar-refractivity contribution is 0.427. The summed E-state index contributed by atoms with van der Waals surface area (Å²) in [5.41, 5.74) is -0.824. The Labute approximate surface area is 83.0 Å². The van der Waals surface area contributed by atoms with Crippen molar-refractivity contribution in [1.82, 2.24) is 4.98 Å². The van der Waals surface area contributed by atoms with Crippen LogP contribution < -0.4 is 5.56 Å². The number of fused-ring (bicyclic) bond motifs is 1. The van der Waals surface area contributed by atoms with Crippen molar-refractivity contribution in [3.05, 3.63) is 39.7 Å². The molecule has 0 radical (unpaired) electrons. The normalized spacial score (nSPS) is 10.9. The fraction of sp³-hybridized carbons (Fsp3) is 0.100. The van der Waals surface area contributed by atoms with Crippen molar-refractivity contribution in [1.29, 1.82) is 0 Å². The Morgan fingerprint density at radius 2 is 2.00 bits per heavy atom. The van der Waals surface area contributed by atoms with Crippen LogP contribution in [0.3, 0.4) is 0 Å². The third-order valence-electron chi connectivity index (χ3n) is 2.24. The van der Waals surface area contributed by atoms with Gasteiger partial charge in [-0.15, -0.1) is 0 Å². The van der Waals surface area contributed by atoms with Crippen LogP contribution in [0.4, 0.5) is 8.78 Å². The maximum absolute atomic E-state index is 13.5. The number of halogens is 2. The van der Waals surface area contributed by atoms with Gasteiger partial charge in [-0.05, 0) is 18.6 Å². The summed E-state index contributed by atoms with van der Waals surface area (Å²) in [6.07, 6.45) is 0. The Hall–Kier alpha value is -1.91. The van der Waals surface area contributed by atoms with Gasteiger partial charge >= 0.3 is 0 Å². The summed E-state index contributed by atoms with van der Waals surface area (Å²) in [7, 11) is 0. The minimum Gasteiger partial charge on any atom is -0.501 e. The predicted molar refractivity (Wildman–Crippen MR) is 50.9 cm³/mol. The summed E-state index contributed by atoms with van der Waals surface area (Å²) in [6.45, 7) is 1.56. The highest BCUT2D eigenvalue weighted by atomic mass is 19.1. The summed E-state index contributed by atoms with van der Waals surface area (Å²) in [6, 6.07) is 2.50. The van der Waals surface area contributed by atoms with E-state index in [9.17, 15) is 13.6 Å². The molecule has 78 valence electrons. The monoisotopic (exact) mass is 211 g/mol. The first-order valence-electron chi connectivity index (χ1n) is 4.22. The number of H-pyrrole nitrogens is 1. The maximum Gasteiger partial charge on any atom is 0.293 e. The Kier molecular flexibility index (Phi) is 1.96. The van der Waals surface area contributed by atoms with Crippen LogP contribution in [0.2, 0.25) is 0 Å². The van der Waals surface area contributed by atoms with Gasteiger partial charge in [-0.1, -0.05) is 6.07 Å². The molecule has 2 N–H and O–H groups in total. The van der Waals surface area contributed by atoms with Gasteiger partial charge in [0, 0.05) is 5.39 Å². The van der Waals surface area contributed by atoms with Crippen LogP contribution in [0, 0.1) is 18.6 Å². The first kappa shape index (κ1) is 9.64. The molecule has 0 aliphatic carbocycles. The molecule has 3 nitrogen and oxygen atoms in total. The third-order valence-corrected chi connectivity index (χ3v) is 2.24. The van der Waals surface area contributed by atoms with E-state index in [1.165, 1.54) is 6.07 Å². The summed E-state index contributed by atoms with van der Waals surface area (Å²) in [5, 5.41) is 8.97. The molecule has 1 heterocycles. The SMILES string of the molecule is Cc1ccc(F)c2[nH]c(=O)c(O)c(F)c12. The molecule has 1 aromatic heterocycles. The zero-order chi connectivity index (χ0) is 11.2. The molecule has 0 atom stereocenters. The van der Waals surface area contributed by atoms with Gasteiger partial charge in [-0.2, -0.15) is 0 Å². The first-order valence-corrected chi connectivity index (χ1v) is 4.22. The van der Waals surface area contributed by atoms with Crippen molar-refractivity contribution < 1.29 is 13.9 Å². The maximum atomic E-state index is 13.5. The number of aromatic hydroxyl groups is 1. The van der Waals surface area contributed by atoms with Gasteiger partial charge in [0.05, 0.1) is 5.52 Å². The molecule has 0 spiro atoms. The highest BCUT2D eigenvalue weighted by molar-refractivity contribution is 5.84. The smallest absolute Gasteiger partial charge is 0.293 e. The second kappa shape index (κ2) is 3.05. The van der Waals surface area contributed by atoms with Gasteiger partial charge in [0.2, 0.25) is 5.75 Å². The minimum absolute atomic E-state index is 0.105. The van der Waals surface area contributed by atoms with Crippen molar-refractivity contribution in [3.8, 4) is 5.75 Å². The van der Waals surface area contributed by atoms with E-state index in [1.54, 1.807) is 6.92 Å². The Balaban J connectivity index is 3.11. The van der Waals surface area contributed by atoms with E-state index < -0.39 is 22.9 Å². The molecule has 15 heavy (non-hydrogen) atoms. The second-order valence-corrected chi connectivity index (χ2v) is 3.23. The Morgan fingerprint density at radius 1 is 1.33 bits per heavy atom. The molecular weight excluding hydrogens is 204 g/mol. The summed E-state index contributed by atoms with van der Waals surface area (Å²) < 4.78 is 26.7. The van der Waals surface area contributed by atoms with E-state index in [4.69, 9.17) is 5.11 Å². The molecule has 0 saturated carbocycles. The van der Waals surface area contributed by atoms with Crippen LogP contribution in [-0.2, 0) is 0 Å². The Bertz CT molecular complexity index is 604. The second-order valence-electron chi connectivity index (χ2n) is 3.23. The van der Waals surface area contributed by atoms with E-state index in [1.807, 2.05) is 0 Å². The molecule has 2 aromatic rings. The molecule has 1 aromatic carbocycles. The predicted octanol–water partition coefficient (Wildman–Crippen LogP) is 1.82. The molecule has 0 saturated heterocycles. The van der Waals surface area contributed by atoms with Crippen molar-refractivity contribution in [2.45, 2.75) is 6.92 Å². The van der Waals surface area contributed by atoms with Gasteiger partial charge in [0.1, 0.15) is 5.82 Å². The third kappa shape index (κ3) is 1.27. The van der Waals surface area contributed by atoms with E-state index >= 15 is 0 Å². The van der Waals surface area contributed by atoms with Gasteiger partial charge in [0.15, 0.2) is 5.82 Å². The number of aromatic nitrogens is 1. The molecule has 0 unspecified atom stereocenters. The van der Waals surface area contributed by atoms with E-state index in [0.29, 0.717) is 5.56 Å². The molecule has 0 bridgehead atoms. The number of hydrogen-bond acceptors (Lipinski definition) is 2. The lowest BCUT2D eigenvalue weighted by atomic mass is 10.1. The summed E-state index contributed by atoms with van der Waals surface area (Å²) in [4.78, 5) is 13.1. The van der Waals surface area contributed by atoms with Crippen LogP contribution >= 0.6 is 0 Å². The van der Waals surface area contributed by atoms with Crippen molar-refractivity contribution >= 4 is 10.9 Å². The molecular formula is C10H7F2NO2. The first-order chi connectivity index (χ1) is 7.02. The molecule has 0 amide bonds. The zero-order valence-corrected chi connectivity index (χ0v) is 7.77. The van der Waals surface area contributed by atoms with Crippen LogP contribution in [0.25, 0.3) is 10.9 Å². The average molecular weight is 211 g/mol. The number of rotatable bonds is 0. The lowest BCUT2D eigenvalue weighted by Crippen LogP contribution is -2.09. The van der Waals surface area contributed by atoms with Crippen molar-refractivity contribution in [3.63, 3.8) is 0 Å². The van der Waals surface area contributed by atoms with Crippen LogP contribution in [0.1, 0.15) is 5.56 Å². The van der Waals surface area contributed by atoms with Gasteiger partial charge in [0.25, 0.3) is 5.56 Å². The summed E-state index contributed by atoms with van der Waals surface area (Å²) >= 11 is 0. The van der Waals surface area contributed by atoms with E-state index in [-0.39, 0.29) is 10.9 Å². The standard InChI is InChI=1S/C10H7F2NO2/c1-4-2-3-5(11)8-6(4)7(12)9(14)10(15)13-8/h2-3,14H,1H3,(H,13,15). The largest absolute Gasteiger partial charge is 0.501 e.